The van der Waals surface area contributed by atoms with Gasteiger partial charge >= 0.3 is 0 Å². The van der Waals surface area contributed by atoms with E-state index in [1.807, 2.05) is 78.9 Å². The first-order chi connectivity index (χ1) is 24.2. The predicted molar refractivity (Wildman–Crippen MR) is 199 cm³/mol. The third kappa shape index (κ3) is 5.11. The van der Waals surface area contributed by atoms with Gasteiger partial charge in [0.25, 0.3) is 0 Å². The fraction of sp³-hybridized carbons (Fsp3) is 0. The highest BCUT2D eigenvalue weighted by Gasteiger charge is 2.17. The smallest absolute Gasteiger partial charge is 0.160 e. The molecule has 7 aromatic carbocycles. The van der Waals surface area contributed by atoms with Gasteiger partial charge in [-0.1, -0.05) is 121 Å². The van der Waals surface area contributed by atoms with Crippen molar-refractivity contribution in [2.24, 2.45) is 0 Å². The van der Waals surface area contributed by atoms with Crippen molar-refractivity contribution in [2.75, 3.05) is 0 Å². The number of benzene rings is 7. The van der Waals surface area contributed by atoms with Crippen molar-refractivity contribution in [2.45, 2.75) is 0 Å². The molecule has 49 heavy (non-hydrogen) atoms. The second-order valence-corrected chi connectivity index (χ2v) is 12.1. The van der Waals surface area contributed by atoms with Gasteiger partial charge in [0, 0.05) is 33.0 Å². The largest absolute Gasteiger partial charge is 0.455 e. The number of nitrogens with zero attached hydrogens (tertiary/aromatic N) is 3. The Morgan fingerprint density at radius 2 is 1.14 bits per heavy atom. The van der Waals surface area contributed by atoms with Gasteiger partial charge < -0.3 is 4.42 Å². The summed E-state index contributed by atoms with van der Waals surface area (Å²) >= 11 is 0. The molecule has 0 fully saturated rings. The van der Waals surface area contributed by atoms with Crippen LogP contribution in [-0.2, 0) is 0 Å². The molecule has 9 aromatic rings. The number of hydrogen-bond acceptors (Lipinski definition) is 4. The van der Waals surface area contributed by atoms with Crippen LogP contribution in [0, 0.1) is 11.3 Å². The molecule has 0 atom stereocenters. The fourth-order valence-electron chi connectivity index (χ4n) is 6.69. The standard InChI is InChI=1S/C45H27N3O/c46-28-33-15-6-7-16-37(33)42-27-41(47-45(48-42)30-12-2-1-3-13-30)36-25-34(32-22-21-29-11-4-5-14-31(29)23-32)24-35(26-36)38-18-10-19-40-39-17-8-9-20-43(39)49-44(38)40/h1-27H. The highest BCUT2D eigenvalue weighted by molar-refractivity contribution is 6.10. The third-order valence-corrected chi connectivity index (χ3v) is 9.11. The molecule has 4 nitrogen and oxygen atoms in total. The molecule has 0 saturated carbocycles. The first kappa shape index (κ1) is 28.4. The van der Waals surface area contributed by atoms with E-state index in [4.69, 9.17) is 14.4 Å². The summed E-state index contributed by atoms with van der Waals surface area (Å²) in [7, 11) is 0. The third-order valence-electron chi connectivity index (χ3n) is 9.11. The first-order valence-corrected chi connectivity index (χ1v) is 16.2. The Hall–Kier alpha value is -6.83. The summed E-state index contributed by atoms with van der Waals surface area (Å²) in [5.74, 6) is 0.595. The molecule has 2 aromatic heterocycles. The van der Waals surface area contributed by atoms with Gasteiger partial charge in [0.15, 0.2) is 5.82 Å². The molecule has 2 heterocycles. The summed E-state index contributed by atoms with van der Waals surface area (Å²) < 4.78 is 6.51. The summed E-state index contributed by atoms with van der Waals surface area (Å²) in [5.41, 5.74) is 10.5. The molecule has 0 N–H and O–H groups in total. The Morgan fingerprint density at radius 3 is 2.04 bits per heavy atom. The maximum absolute atomic E-state index is 9.99. The van der Waals surface area contributed by atoms with Crippen molar-refractivity contribution in [1.82, 2.24) is 9.97 Å². The minimum absolute atomic E-state index is 0.563. The van der Waals surface area contributed by atoms with E-state index in [1.54, 1.807) is 0 Å². The summed E-state index contributed by atoms with van der Waals surface area (Å²) in [6, 6.07) is 58.0. The van der Waals surface area contributed by atoms with Crippen LogP contribution in [0.3, 0.4) is 0 Å². The number of rotatable bonds is 5. The van der Waals surface area contributed by atoms with E-state index in [2.05, 4.69) is 91.0 Å². The van der Waals surface area contributed by atoms with Crippen molar-refractivity contribution < 1.29 is 4.42 Å². The lowest BCUT2D eigenvalue weighted by Gasteiger charge is -2.14. The summed E-state index contributed by atoms with van der Waals surface area (Å²) in [6.07, 6.45) is 0. The second-order valence-electron chi connectivity index (χ2n) is 12.1. The van der Waals surface area contributed by atoms with Crippen molar-refractivity contribution in [3.05, 3.63) is 169 Å². The highest BCUT2D eigenvalue weighted by Crippen LogP contribution is 2.40. The molecule has 0 saturated heterocycles. The van der Waals surface area contributed by atoms with Gasteiger partial charge in [-0.3, -0.25) is 0 Å². The maximum atomic E-state index is 9.99. The summed E-state index contributed by atoms with van der Waals surface area (Å²) in [6.45, 7) is 0. The van der Waals surface area contributed by atoms with Crippen LogP contribution >= 0.6 is 0 Å². The topological polar surface area (TPSA) is 62.7 Å². The molecule has 0 aliphatic carbocycles. The Morgan fingerprint density at radius 1 is 0.449 bits per heavy atom. The first-order valence-electron chi connectivity index (χ1n) is 16.2. The van der Waals surface area contributed by atoms with Crippen molar-refractivity contribution in [1.29, 1.82) is 5.26 Å². The molecule has 4 heteroatoms. The SMILES string of the molecule is N#Cc1ccccc1-c1cc(-c2cc(-c3ccc4ccccc4c3)cc(-c3cccc4c3oc3ccccc34)c2)nc(-c2ccccc2)n1. The number of hydrogen-bond donors (Lipinski definition) is 0. The van der Waals surface area contributed by atoms with Gasteiger partial charge in [-0.05, 0) is 69.9 Å². The molecule has 0 aliphatic rings. The van der Waals surface area contributed by atoms with Gasteiger partial charge in [0.2, 0.25) is 0 Å². The quantitative estimate of drug-likeness (QED) is 0.191. The van der Waals surface area contributed by atoms with E-state index in [-0.39, 0.29) is 0 Å². The van der Waals surface area contributed by atoms with E-state index in [9.17, 15) is 5.26 Å². The Bertz CT molecular complexity index is 2740. The van der Waals surface area contributed by atoms with Crippen LogP contribution in [0.1, 0.15) is 5.56 Å². The summed E-state index contributed by atoms with van der Waals surface area (Å²) in [4.78, 5) is 10.1. The number of fused-ring (bicyclic) bond motifs is 4. The van der Waals surface area contributed by atoms with E-state index >= 15 is 0 Å². The zero-order valence-electron chi connectivity index (χ0n) is 26.3. The molecule has 0 bridgehead atoms. The number of aromatic nitrogens is 2. The lowest BCUT2D eigenvalue weighted by Crippen LogP contribution is -1.97. The van der Waals surface area contributed by atoms with Gasteiger partial charge in [-0.2, -0.15) is 5.26 Å². The molecule has 0 unspecified atom stereocenters. The van der Waals surface area contributed by atoms with Crippen LogP contribution in [-0.4, -0.2) is 9.97 Å². The average molecular weight is 626 g/mol. The van der Waals surface area contributed by atoms with Crippen molar-refractivity contribution in [3.63, 3.8) is 0 Å². The molecular formula is C45H27N3O. The van der Waals surface area contributed by atoms with Crippen LogP contribution in [0.15, 0.2) is 168 Å². The van der Waals surface area contributed by atoms with Crippen molar-refractivity contribution in [3.8, 4) is 62.2 Å². The van der Waals surface area contributed by atoms with E-state index < -0.39 is 0 Å². The Labute approximate surface area is 283 Å². The number of furan rings is 1. The van der Waals surface area contributed by atoms with Crippen LogP contribution < -0.4 is 0 Å². The van der Waals surface area contributed by atoms with Crippen LogP contribution in [0.4, 0.5) is 0 Å². The van der Waals surface area contributed by atoms with Crippen molar-refractivity contribution >= 4 is 32.7 Å². The van der Waals surface area contributed by atoms with E-state index in [0.29, 0.717) is 17.1 Å². The summed E-state index contributed by atoms with van der Waals surface area (Å²) in [5, 5.41) is 14.5. The Balaban J connectivity index is 1.32. The molecule has 9 rings (SSSR count). The average Bonchev–Trinajstić information content (AvgIpc) is 3.57. The molecule has 0 amide bonds. The monoisotopic (exact) mass is 625 g/mol. The van der Waals surface area contributed by atoms with Crippen LogP contribution in [0.25, 0.3) is 88.9 Å². The van der Waals surface area contributed by atoms with E-state index in [0.717, 1.165) is 66.6 Å². The van der Waals surface area contributed by atoms with Crippen LogP contribution in [0.5, 0.6) is 0 Å². The minimum atomic E-state index is 0.563. The molecule has 0 aliphatic heterocycles. The highest BCUT2D eigenvalue weighted by atomic mass is 16.3. The molecular weight excluding hydrogens is 599 g/mol. The fourth-order valence-corrected chi connectivity index (χ4v) is 6.69. The zero-order valence-corrected chi connectivity index (χ0v) is 26.3. The number of para-hydroxylation sites is 2. The van der Waals surface area contributed by atoms with E-state index in [1.165, 1.54) is 10.8 Å². The second kappa shape index (κ2) is 11.8. The lowest BCUT2D eigenvalue weighted by atomic mass is 9.92. The number of nitriles is 1. The lowest BCUT2D eigenvalue weighted by molar-refractivity contribution is 0.670. The predicted octanol–water partition coefficient (Wildman–Crippen LogP) is 11.7. The van der Waals surface area contributed by atoms with Gasteiger partial charge in [-0.25, -0.2) is 9.97 Å². The molecule has 0 spiro atoms. The molecule has 0 radical (unpaired) electrons. The maximum Gasteiger partial charge on any atom is 0.160 e. The normalized spacial score (nSPS) is 11.2. The molecule has 228 valence electrons. The van der Waals surface area contributed by atoms with Crippen LogP contribution in [0.2, 0.25) is 0 Å². The minimum Gasteiger partial charge on any atom is -0.455 e. The zero-order chi connectivity index (χ0) is 32.7. The van der Waals surface area contributed by atoms with Gasteiger partial charge in [0.1, 0.15) is 11.2 Å². The van der Waals surface area contributed by atoms with Gasteiger partial charge in [-0.15, -0.1) is 0 Å². The van der Waals surface area contributed by atoms with Gasteiger partial charge in [0.05, 0.1) is 23.0 Å². The Kier molecular flexibility index (Phi) is 6.81.